The lowest BCUT2D eigenvalue weighted by molar-refractivity contribution is 0.826. The summed E-state index contributed by atoms with van der Waals surface area (Å²) >= 11 is 3.39. The Morgan fingerprint density at radius 3 is 2.69 bits per heavy atom. The second kappa shape index (κ2) is 4.50. The van der Waals surface area contributed by atoms with Gasteiger partial charge in [0, 0.05) is 10.2 Å². The van der Waals surface area contributed by atoms with Gasteiger partial charge in [-0.1, -0.05) is 15.9 Å². The first kappa shape index (κ1) is 10.9. The Hall–Kier alpha value is -1.60. The average Bonchev–Trinajstić information content (AvgIpc) is 2.61. The summed E-state index contributed by atoms with van der Waals surface area (Å²) in [7, 11) is 0. The summed E-state index contributed by atoms with van der Waals surface area (Å²) in [5, 5.41) is 13.0. The van der Waals surface area contributed by atoms with Gasteiger partial charge >= 0.3 is 0 Å². The largest absolute Gasteiger partial charge is 0.238 e. The zero-order valence-electron chi connectivity index (χ0n) is 8.81. The van der Waals surface area contributed by atoms with Crippen molar-refractivity contribution in [2.45, 2.75) is 13.3 Å². The van der Waals surface area contributed by atoms with Gasteiger partial charge in [0.05, 0.1) is 23.9 Å². The molecule has 0 saturated heterocycles. The van der Waals surface area contributed by atoms with E-state index in [-0.39, 0.29) is 0 Å². The van der Waals surface area contributed by atoms with Crippen molar-refractivity contribution in [1.29, 1.82) is 5.26 Å². The monoisotopic (exact) mass is 275 g/mol. The molecule has 0 aliphatic rings. The van der Waals surface area contributed by atoms with E-state index in [0.717, 1.165) is 21.5 Å². The third kappa shape index (κ3) is 2.15. The normalized spacial score (nSPS) is 10.1. The van der Waals surface area contributed by atoms with Crippen LogP contribution in [-0.4, -0.2) is 9.78 Å². The van der Waals surface area contributed by atoms with E-state index in [4.69, 9.17) is 5.26 Å². The number of hydrogen-bond acceptors (Lipinski definition) is 2. The van der Waals surface area contributed by atoms with Gasteiger partial charge in [0.25, 0.3) is 0 Å². The molecule has 2 rings (SSSR count). The highest BCUT2D eigenvalue weighted by Crippen LogP contribution is 2.16. The van der Waals surface area contributed by atoms with E-state index in [1.165, 1.54) is 0 Å². The van der Waals surface area contributed by atoms with Crippen LogP contribution in [0.25, 0.3) is 5.69 Å². The van der Waals surface area contributed by atoms with Gasteiger partial charge in [-0.2, -0.15) is 10.4 Å². The molecule has 0 aliphatic heterocycles. The van der Waals surface area contributed by atoms with E-state index in [1.54, 1.807) is 0 Å². The number of aromatic nitrogens is 2. The molecule has 0 saturated carbocycles. The lowest BCUT2D eigenvalue weighted by atomic mass is 10.3. The molecule has 16 heavy (non-hydrogen) atoms. The smallest absolute Gasteiger partial charge is 0.0793 e. The molecule has 80 valence electrons. The van der Waals surface area contributed by atoms with Gasteiger partial charge in [-0.15, -0.1) is 0 Å². The summed E-state index contributed by atoms with van der Waals surface area (Å²) in [6, 6.07) is 12.0. The van der Waals surface area contributed by atoms with E-state index in [0.29, 0.717) is 6.42 Å². The first-order valence-corrected chi connectivity index (χ1v) is 5.68. The van der Waals surface area contributed by atoms with Gasteiger partial charge in [0.2, 0.25) is 0 Å². The molecule has 0 atom stereocenters. The summed E-state index contributed by atoms with van der Waals surface area (Å²) in [4.78, 5) is 0. The first-order chi connectivity index (χ1) is 7.70. The standard InChI is InChI=1S/C12H10BrN3/c1-9-8-11(6-7-14)15-16(9)12-4-2-10(13)3-5-12/h2-5,8H,6H2,1H3. The zero-order chi connectivity index (χ0) is 11.5. The summed E-state index contributed by atoms with van der Waals surface area (Å²) in [6.07, 6.45) is 0.352. The minimum absolute atomic E-state index is 0.352. The fourth-order valence-corrected chi connectivity index (χ4v) is 1.81. The maximum Gasteiger partial charge on any atom is 0.0793 e. The Labute approximate surface area is 102 Å². The molecule has 0 radical (unpaired) electrons. The van der Waals surface area contributed by atoms with Crippen molar-refractivity contribution >= 4 is 15.9 Å². The van der Waals surface area contributed by atoms with Crippen molar-refractivity contribution in [2.75, 3.05) is 0 Å². The SMILES string of the molecule is Cc1cc(CC#N)nn1-c1ccc(Br)cc1. The Morgan fingerprint density at radius 1 is 1.38 bits per heavy atom. The van der Waals surface area contributed by atoms with Gasteiger partial charge in [-0.3, -0.25) is 0 Å². The molecular weight excluding hydrogens is 266 g/mol. The maximum atomic E-state index is 8.62. The summed E-state index contributed by atoms with van der Waals surface area (Å²) < 4.78 is 2.89. The summed E-state index contributed by atoms with van der Waals surface area (Å²) in [5.74, 6) is 0. The fraction of sp³-hybridized carbons (Fsp3) is 0.167. The second-order valence-electron chi connectivity index (χ2n) is 3.50. The van der Waals surface area contributed by atoms with Crippen molar-refractivity contribution in [1.82, 2.24) is 9.78 Å². The Balaban J connectivity index is 2.40. The van der Waals surface area contributed by atoms with E-state index in [2.05, 4.69) is 27.1 Å². The molecule has 0 spiro atoms. The molecule has 3 nitrogen and oxygen atoms in total. The van der Waals surface area contributed by atoms with Gasteiger partial charge in [0.1, 0.15) is 0 Å². The van der Waals surface area contributed by atoms with E-state index < -0.39 is 0 Å². The molecule has 4 heteroatoms. The van der Waals surface area contributed by atoms with Crippen LogP contribution in [0.15, 0.2) is 34.8 Å². The van der Waals surface area contributed by atoms with E-state index in [1.807, 2.05) is 41.9 Å². The molecule has 2 aromatic rings. The molecule has 0 bridgehead atoms. The molecule has 1 aromatic heterocycles. The number of nitrogens with zero attached hydrogens (tertiary/aromatic N) is 3. The zero-order valence-corrected chi connectivity index (χ0v) is 10.4. The topological polar surface area (TPSA) is 41.6 Å². The van der Waals surface area contributed by atoms with Crippen molar-refractivity contribution in [3.63, 3.8) is 0 Å². The van der Waals surface area contributed by atoms with Crippen LogP contribution >= 0.6 is 15.9 Å². The number of aryl methyl sites for hydroxylation is 1. The molecule has 0 N–H and O–H groups in total. The molecule has 0 aliphatic carbocycles. The lowest BCUT2D eigenvalue weighted by Gasteiger charge is -2.03. The van der Waals surface area contributed by atoms with Crippen LogP contribution in [0.2, 0.25) is 0 Å². The van der Waals surface area contributed by atoms with Crippen molar-refractivity contribution in [2.24, 2.45) is 0 Å². The van der Waals surface area contributed by atoms with Gasteiger partial charge in [-0.05, 0) is 37.3 Å². The summed E-state index contributed by atoms with van der Waals surface area (Å²) in [5.41, 5.74) is 2.85. The van der Waals surface area contributed by atoms with Crippen LogP contribution in [0.1, 0.15) is 11.4 Å². The third-order valence-corrected chi connectivity index (χ3v) is 2.80. The number of hydrogen-bond donors (Lipinski definition) is 0. The third-order valence-electron chi connectivity index (χ3n) is 2.27. The molecule has 1 aromatic carbocycles. The van der Waals surface area contributed by atoms with Gasteiger partial charge in [-0.25, -0.2) is 4.68 Å². The Bertz CT molecular complexity index is 534. The second-order valence-corrected chi connectivity index (χ2v) is 4.42. The molecule has 0 unspecified atom stereocenters. The lowest BCUT2D eigenvalue weighted by Crippen LogP contribution is -1.98. The number of rotatable bonds is 2. The predicted molar refractivity (Wildman–Crippen MR) is 65.3 cm³/mol. The number of nitriles is 1. The molecule has 0 amide bonds. The average molecular weight is 276 g/mol. The van der Waals surface area contributed by atoms with E-state index >= 15 is 0 Å². The minimum atomic E-state index is 0.352. The fourth-order valence-electron chi connectivity index (χ4n) is 1.55. The van der Waals surface area contributed by atoms with Crippen LogP contribution in [0.4, 0.5) is 0 Å². The van der Waals surface area contributed by atoms with Crippen LogP contribution in [-0.2, 0) is 6.42 Å². The van der Waals surface area contributed by atoms with Gasteiger partial charge < -0.3 is 0 Å². The highest BCUT2D eigenvalue weighted by atomic mass is 79.9. The van der Waals surface area contributed by atoms with Gasteiger partial charge in [0.15, 0.2) is 0 Å². The van der Waals surface area contributed by atoms with Crippen LogP contribution < -0.4 is 0 Å². The number of benzene rings is 1. The highest BCUT2D eigenvalue weighted by molar-refractivity contribution is 9.10. The maximum absolute atomic E-state index is 8.62. The molecular formula is C12H10BrN3. The predicted octanol–water partition coefficient (Wildman–Crippen LogP) is 3.01. The highest BCUT2D eigenvalue weighted by Gasteiger charge is 2.05. The summed E-state index contributed by atoms with van der Waals surface area (Å²) in [6.45, 7) is 1.98. The molecule has 0 fully saturated rings. The minimum Gasteiger partial charge on any atom is -0.238 e. The number of halogens is 1. The van der Waals surface area contributed by atoms with Crippen LogP contribution in [0.5, 0.6) is 0 Å². The quantitative estimate of drug-likeness (QED) is 0.846. The van der Waals surface area contributed by atoms with Crippen LogP contribution in [0, 0.1) is 18.3 Å². The Kier molecular flexibility index (Phi) is 3.07. The first-order valence-electron chi connectivity index (χ1n) is 4.89. The van der Waals surface area contributed by atoms with Crippen LogP contribution in [0.3, 0.4) is 0 Å². The molecule has 1 heterocycles. The Morgan fingerprint density at radius 2 is 2.06 bits per heavy atom. The van der Waals surface area contributed by atoms with Crippen molar-refractivity contribution < 1.29 is 0 Å². The van der Waals surface area contributed by atoms with Crippen molar-refractivity contribution in [3.05, 3.63) is 46.2 Å². The van der Waals surface area contributed by atoms with E-state index in [9.17, 15) is 0 Å². The van der Waals surface area contributed by atoms with Crippen molar-refractivity contribution in [3.8, 4) is 11.8 Å².